The van der Waals surface area contributed by atoms with Gasteiger partial charge in [-0.05, 0) is 35.4 Å². The quantitative estimate of drug-likeness (QED) is 0.838. The van der Waals surface area contributed by atoms with Gasteiger partial charge >= 0.3 is 0 Å². The van der Waals surface area contributed by atoms with Crippen LogP contribution in [0, 0.1) is 0 Å². The van der Waals surface area contributed by atoms with Crippen molar-refractivity contribution in [3.63, 3.8) is 0 Å². The first-order chi connectivity index (χ1) is 10.1. The van der Waals surface area contributed by atoms with E-state index in [0.29, 0.717) is 23.0 Å². The van der Waals surface area contributed by atoms with Crippen molar-refractivity contribution in [1.82, 2.24) is 5.06 Å². The molecule has 1 heterocycles. The molecule has 0 aromatic heterocycles. The van der Waals surface area contributed by atoms with E-state index in [-0.39, 0.29) is 12.0 Å². The summed E-state index contributed by atoms with van der Waals surface area (Å²) >= 11 is 11.7. The second kappa shape index (κ2) is 6.06. The third-order valence-corrected chi connectivity index (χ3v) is 3.88. The Labute approximate surface area is 133 Å². The molecule has 108 valence electrons. The van der Waals surface area contributed by atoms with E-state index >= 15 is 0 Å². The first-order valence-electron chi connectivity index (χ1n) is 6.59. The molecule has 3 nitrogen and oxygen atoms in total. The van der Waals surface area contributed by atoms with Crippen molar-refractivity contribution < 1.29 is 9.63 Å². The average molecular weight is 322 g/mol. The lowest BCUT2D eigenvalue weighted by atomic mass is 10.1. The fraction of sp³-hybridized carbons (Fsp3) is 0.188. The first-order valence-corrected chi connectivity index (χ1v) is 7.34. The number of carbonyl (C=O) groups excluding carboxylic acids is 1. The van der Waals surface area contributed by atoms with Gasteiger partial charge in [0.25, 0.3) is 0 Å². The van der Waals surface area contributed by atoms with Crippen molar-refractivity contribution in [2.75, 3.05) is 0 Å². The molecule has 1 fully saturated rings. The summed E-state index contributed by atoms with van der Waals surface area (Å²) in [7, 11) is 0. The van der Waals surface area contributed by atoms with Crippen molar-refractivity contribution >= 4 is 29.1 Å². The number of rotatable bonds is 3. The molecule has 5 heteroatoms. The Morgan fingerprint density at radius 2 is 1.57 bits per heavy atom. The monoisotopic (exact) mass is 321 g/mol. The van der Waals surface area contributed by atoms with E-state index in [9.17, 15) is 4.79 Å². The molecule has 0 aliphatic carbocycles. The summed E-state index contributed by atoms with van der Waals surface area (Å²) in [5.41, 5.74) is 1.93. The molecule has 2 aromatic rings. The summed E-state index contributed by atoms with van der Waals surface area (Å²) in [6, 6.07) is 14.7. The maximum absolute atomic E-state index is 12.0. The van der Waals surface area contributed by atoms with Gasteiger partial charge in [-0.2, -0.15) is 0 Å². The molecule has 3 rings (SSSR count). The molecule has 1 atom stereocenters. The number of carbonyl (C=O) groups is 1. The average Bonchev–Trinajstić information content (AvgIpc) is 2.83. The van der Waals surface area contributed by atoms with Gasteiger partial charge in [-0.1, -0.05) is 47.5 Å². The Balaban J connectivity index is 1.69. The molecule has 0 spiro atoms. The molecule has 1 aliphatic heterocycles. The van der Waals surface area contributed by atoms with Gasteiger partial charge in [0.1, 0.15) is 6.10 Å². The number of benzene rings is 2. The Hall–Kier alpha value is -1.55. The lowest BCUT2D eigenvalue weighted by molar-refractivity contribution is -0.177. The van der Waals surface area contributed by atoms with Crippen LogP contribution < -0.4 is 0 Å². The molecule has 1 aliphatic rings. The van der Waals surface area contributed by atoms with E-state index in [1.807, 2.05) is 24.3 Å². The topological polar surface area (TPSA) is 29.5 Å². The molecule has 1 saturated heterocycles. The molecule has 0 radical (unpaired) electrons. The first kappa shape index (κ1) is 14.4. The molecule has 0 N–H and O–H groups in total. The standard InChI is InChI=1S/C16H13Cl2NO2/c17-13-5-1-11(2-6-13)10-19-16(20)9-15(21-19)12-3-7-14(18)8-4-12/h1-8,15H,9-10H2/t15-/m0/s1. The van der Waals surface area contributed by atoms with Crippen LogP contribution in [-0.2, 0) is 16.2 Å². The third-order valence-electron chi connectivity index (χ3n) is 3.37. The SMILES string of the molecule is O=C1C[C@@H](c2ccc(Cl)cc2)ON1Cc1ccc(Cl)cc1. The van der Waals surface area contributed by atoms with Crippen LogP contribution in [0.5, 0.6) is 0 Å². The summed E-state index contributed by atoms with van der Waals surface area (Å²) < 4.78 is 0. The highest BCUT2D eigenvalue weighted by molar-refractivity contribution is 6.30. The predicted molar refractivity (Wildman–Crippen MR) is 81.9 cm³/mol. The third kappa shape index (κ3) is 3.38. The van der Waals surface area contributed by atoms with E-state index in [1.165, 1.54) is 5.06 Å². The second-order valence-electron chi connectivity index (χ2n) is 4.91. The van der Waals surface area contributed by atoms with E-state index < -0.39 is 0 Å². The van der Waals surface area contributed by atoms with E-state index in [0.717, 1.165) is 11.1 Å². The number of hydroxylamine groups is 2. The van der Waals surface area contributed by atoms with E-state index in [2.05, 4.69) is 0 Å². The Morgan fingerprint density at radius 1 is 1.00 bits per heavy atom. The molecular formula is C16H13Cl2NO2. The van der Waals surface area contributed by atoms with Crippen LogP contribution in [0.25, 0.3) is 0 Å². The smallest absolute Gasteiger partial charge is 0.249 e. The Bertz CT molecular complexity index is 640. The van der Waals surface area contributed by atoms with Crippen molar-refractivity contribution in [1.29, 1.82) is 0 Å². The highest BCUT2D eigenvalue weighted by atomic mass is 35.5. The van der Waals surface area contributed by atoms with Crippen LogP contribution in [0.3, 0.4) is 0 Å². The van der Waals surface area contributed by atoms with Gasteiger partial charge in [0.05, 0.1) is 13.0 Å². The number of amides is 1. The maximum atomic E-state index is 12.0. The fourth-order valence-electron chi connectivity index (χ4n) is 2.25. The van der Waals surface area contributed by atoms with Crippen molar-refractivity contribution in [2.45, 2.75) is 19.1 Å². The maximum Gasteiger partial charge on any atom is 0.249 e. The summed E-state index contributed by atoms with van der Waals surface area (Å²) in [6.45, 7) is 0.417. The van der Waals surface area contributed by atoms with Crippen LogP contribution in [0.4, 0.5) is 0 Å². The van der Waals surface area contributed by atoms with Crippen LogP contribution >= 0.6 is 23.2 Å². The van der Waals surface area contributed by atoms with Crippen LogP contribution in [0.2, 0.25) is 10.0 Å². The number of hydrogen-bond donors (Lipinski definition) is 0. The highest BCUT2D eigenvalue weighted by Gasteiger charge is 2.32. The van der Waals surface area contributed by atoms with Crippen LogP contribution in [-0.4, -0.2) is 11.0 Å². The molecule has 0 saturated carbocycles. The summed E-state index contributed by atoms with van der Waals surface area (Å²) in [5, 5.41) is 2.75. The number of halogens is 2. The second-order valence-corrected chi connectivity index (χ2v) is 5.78. The van der Waals surface area contributed by atoms with Gasteiger partial charge in [-0.25, -0.2) is 5.06 Å². The van der Waals surface area contributed by atoms with E-state index in [1.54, 1.807) is 24.3 Å². The largest absolute Gasteiger partial charge is 0.272 e. The summed E-state index contributed by atoms with van der Waals surface area (Å²) in [6.07, 6.45) is 0.0944. The fourth-order valence-corrected chi connectivity index (χ4v) is 2.50. The van der Waals surface area contributed by atoms with Gasteiger partial charge in [-0.15, -0.1) is 0 Å². The Morgan fingerprint density at radius 3 is 2.19 bits per heavy atom. The zero-order valence-electron chi connectivity index (χ0n) is 11.1. The summed E-state index contributed by atoms with van der Waals surface area (Å²) in [5.74, 6) is -0.0232. The van der Waals surface area contributed by atoms with Gasteiger partial charge in [0.2, 0.25) is 5.91 Å². The minimum absolute atomic E-state index is 0.0232. The highest BCUT2D eigenvalue weighted by Crippen LogP contribution is 2.31. The van der Waals surface area contributed by atoms with E-state index in [4.69, 9.17) is 28.0 Å². The molecule has 0 bridgehead atoms. The molecule has 0 unspecified atom stereocenters. The van der Waals surface area contributed by atoms with Crippen molar-refractivity contribution in [2.24, 2.45) is 0 Å². The molecule has 1 amide bonds. The zero-order valence-corrected chi connectivity index (χ0v) is 12.6. The lowest BCUT2D eigenvalue weighted by Crippen LogP contribution is -2.22. The van der Waals surface area contributed by atoms with Gasteiger partial charge in [-0.3, -0.25) is 9.63 Å². The molecule has 2 aromatic carbocycles. The zero-order chi connectivity index (χ0) is 14.8. The lowest BCUT2D eigenvalue weighted by Gasteiger charge is -2.16. The number of nitrogens with zero attached hydrogens (tertiary/aromatic N) is 1. The predicted octanol–water partition coefficient (Wildman–Crippen LogP) is 4.40. The number of hydrogen-bond acceptors (Lipinski definition) is 2. The molecule has 21 heavy (non-hydrogen) atoms. The molecular weight excluding hydrogens is 309 g/mol. The van der Waals surface area contributed by atoms with Gasteiger partial charge < -0.3 is 0 Å². The van der Waals surface area contributed by atoms with Crippen LogP contribution in [0.15, 0.2) is 48.5 Å². The normalized spacial score (nSPS) is 18.3. The van der Waals surface area contributed by atoms with Crippen molar-refractivity contribution in [3.8, 4) is 0 Å². The van der Waals surface area contributed by atoms with Gasteiger partial charge in [0.15, 0.2) is 0 Å². The van der Waals surface area contributed by atoms with Gasteiger partial charge in [0, 0.05) is 10.0 Å². The van der Waals surface area contributed by atoms with Crippen molar-refractivity contribution in [3.05, 3.63) is 69.7 Å². The van der Waals surface area contributed by atoms with Crippen LogP contribution in [0.1, 0.15) is 23.7 Å². The Kier molecular flexibility index (Phi) is 4.15. The minimum Gasteiger partial charge on any atom is -0.272 e. The summed E-state index contributed by atoms with van der Waals surface area (Å²) in [4.78, 5) is 17.8. The minimum atomic E-state index is -0.248.